The molecule has 306 valence electrons. The number of carboxylic acids is 1. The molecule has 1 atom stereocenters. The summed E-state index contributed by atoms with van der Waals surface area (Å²) in [5.74, 6) is -0.0512. The van der Waals surface area contributed by atoms with Gasteiger partial charge in [-0.2, -0.15) is 0 Å². The van der Waals surface area contributed by atoms with E-state index < -0.39 is 18.8 Å². The van der Waals surface area contributed by atoms with Crippen molar-refractivity contribution in [3.63, 3.8) is 0 Å². The number of amides is 4. The molecule has 4 amide bonds. The molecule has 0 fully saturated rings. The van der Waals surface area contributed by atoms with Crippen LogP contribution < -0.4 is 21.3 Å². The van der Waals surface area contributed by atoms with Crippen LogP contribution in [0.4, 0.5) is 0 Å². The molecule has 0 aliphatic rings. The summed E-state index contributed by atoms with van der Waals surface area (Å²) < 4.78 is 5.05. The van der Waals surface area contributed by atoms with E-state index in [1.54, 1.807) is 60.5 Å². The monoisotopic (exact) mass is 841 g/mol. The summed E-state index contributed by atoms with van der Waals surface area (Å²) in [6, 6.07) is 11.4. The molecular weight excluding hydrogens is 787 g/mol. The van der Waals surface area contributed by atoms with E-state index in [0.717, 1.165) is 35.7 Å². The number of hydrogen-bond donors (Lipinski definition) is 6. The Kier molecular flexibility index (Phi) is 28.0. The maximum atomic E-state index is 12.4. The van der Waals surface area contributed by atoms with E-state index in [4.69, 9.17) is 9.84 Å². The van der Waals surface area contributed by atoms with E-state index in [2.05, 4.69) is 31.2 Å². The maximum absolute atomic E-state index is 12.4. The number of aromatic nitrogens is 2. The van der Waals surface area contributed by atoms with Crippen molar-refractivity contribution >= 4 is 72.8 Å². The number of ether oxygens (including phenoxy) is 1. The fraction of sp³-hybridized carbons (Fsp3) is 0.583. The number of carbonyl (C=O) groups is 5. The molecule has 2 aromatic rings. The number of nitrogens with zero attached hydrogens (tertiary/aromatic N) is 3. The summed E-state index contributed by atoms with van der Waals surface area (Å²) in [7, 11) is 6.26. The van der Waals surface area contributed by atoms with Gasteiger partial charge in [0.15, 0.2) is 0 Å². The molecule has 15 nitrogen and oxygen atoms in total. The Balaban J connectivity index is 1.51. The van der Waals surface area contributed by atoms with Gasteiger partial charge in [-0.05, 0) is 71.5 Å². The Morgan fingerprint density at radius 1 is 0.636 bits per heavy atom. The molecule has 6 N–H and O–H groups in total. The van der Waals surface area contributed by atoms with Crippen LogP contribution in [0.3, 0.4) is 0 Å². The fourth-order valence-electron chi connectivity index (χ4n) is 4.69. The lowest BCUT2D eigenvalue weighted by Gasteiger charge is -2.27. The number of aliphatic hydroxyl groups is 1. The van der Waals surface area contributed by atoms with E-state index in [1.807, 2.05) is 36.4 Å². The van der Waals surface area contributed by atoms with Gasteiger partial charge in [0, 0.05) is 88.9 Å². The molecule has 0 saturated carbocycles. The summed E-state index contributed by atoms with van der Waals surface area (Å²) in [5.41, 5.74) is 0. The molecule has 0 bridgehead atoms. The molecule has 0 aliphatic carbocycles. The van der Waals surface area contributed by atoms with Crippen molar-refractivity contribution in [1.29, 1.82) is 0 Å². The van der Waals surface area contributed by atoms with Gasteiger partial charge in [0.1, 0.15) is 22.9 Å². The van der Waals surface area contributed by atoms with Crippen LogP contribution >= 0.6 is 43.2 Å². The smallest absolute Gasteiger partial charge is 0.329 e. The third kappa shape index (κ3) is 27.2. The topological polar surface area (TPSA) is 212 Å². The van der Waals surface area contributed by atoms with Crippen LogP contribution in [0.5, 0.6) is 0 Å². The molecule has 1 unspecified atom stereocenters. The molecule has 2 rings (SSSR count). The molecule has 0 radical (unpaired) electrons. The highest BCUT2D eigenvalue weighted by Gasteiger charge is 2.17. The maximum Gasteiger partial charge on any atom is 0.329 e. The second-order valence-electron chi connectivity index (χ2n) is 12.1. The highest BCUT2D eigenvalue weighted by atomic mass is 33.1. The van der Waals surface area contributed by atoms with E-state index in [-0.39, 0.29) is 56.4 Å². The van der Waals surface area contributed by atoms with Crippen molar-refractivity contribution in [3.05, 3.63) is 48.8 Å². The number of nitrogens with one attached hydrogen (secondary N) is 4. The van der Waals surface area contributed by atoms with Crippen molar-refractivity contribution < 1.29 is 38.9 Å². The van der Waals surface area contributed by atoms with E-state index in [1.165, 1.54) is 0 Å². The SMILES string of the molecule is O=C(O)COCC(O)N(CCNC(=O)CCCCCNC(=O)CCSSc1ccccn1)CCNC(=O)CCCCCNC(=O)CCSSc1ccccn1. The van der Waals surface area contributed by atoms with Gasteiger partial charge in [-0.15, -0.1) is 0 Å². The lowest BCUT2D eigenvalue weighted by atomic mass is 10.2. The first kappa shape index (κ1) is 48.1. The number of hydrogen-bond acceptors (Lipinski definition) is 14. The third-order valence-corrected chi connectivity index (χ3v) is 12.1. The molecule has 0 aliphatic heterocycles. The van der Waals surface area contributed by atoms with Crippen molar-refractivity contribution in [2.75, 3.05) is 64.0 Å². The molecule has 0 spiro atoms. The van der Waals surface area contributed by atoms with Gasteiger partial charge in [-0.3, -0.25) is 24.1 Å². The standard InChI is InChI=1S/C36H55N7O8S4/c44-29(11-3-1-7-17-37-31(46)15-25-52-54-33-13-5-9-19-41-33)39-21-23-43(35(48)27-51-28-36(49)50)24-22-40-30(45)12-4-2-8-18-38-32(47)16-26-53-55-34-14-6-10-20-42-34/h5-6,9-10,13-14,19-20,35,48H,1-4,7-8,11-12,15-18,21-28H2,(H,37,46)(H,38,47)(H,39,44)(H,40,45)(H,49,50). The predicted octanol–water partition coefficient (Wildman–Crippen LogP) is 3.74. The minimum absolute atomic E-state index is 0.000776. The Morgan fingerprint density at radius 3 is 1.53 bits per heavy atom. The molecule has 0 aromatic carbocycles. The van der Waals surface area contributed by atoms with Crippen LogP contribution in [-0.4, -0.2) is 125 Å². The lowest BCUT2D eigenvalue weighted by molar-refractivity contribution is -0.145. The second-order valence-corrected chi connectivity index (χ2v) is 17.0. The Labute approximate surface area is 339 Å². The van der Waals surface area contributed by atoms with Gasteiger partial charge in [0.05, 0.1) is 6.61 Å². The molecule has 19 heteroatoms. The van der Waals surface area contributed by atoms with Gasteiger partial charge in [-0.1, -0.05) is 46.6 Å². The largest absolute Gasteiger partial charge is 0.480 e. The Morgan fingerprint density at radius 2 is 1.09 bits per heavy atom. The number of rotatable bonds is 33. The highest BCUT2D eigenvalue weighted by molar-refractivity contribution is 8.77. The van der Waals surface area contributed by atoms with Gasteiger partial charge >= 0.3 is 5.97 Å². The Bertz CT molecular complexity index is 1280. The van der Waals surface area contributed by atoms with Crippen LogP contribution in [-0.2, 0) is 28.7 Å². The van der Waals surface area contributed by atoms with Crippen LogP contribution in [0.25, 0.3) is 0 Å². The number of unbranched alkanes of at least 4 members (excludes halogenated alkanes) is 4. The van der Waals surface area contributed by atoms with E-state index >= 15 is 0 Å². The first-order valence-electron chi connectivity index (χ1n) is 18.4. The number of aliphatic carboxylic acids is 1. The van der Waals surface area contributed by atoms with Crippen LogP contribution in [0.1, 0.15) is 64.2 Å². The average molecular weight is 842 g/mol. The summed E-state index contributed by atoms with van der Waals surface area (Å²) in [6.45, 7) is 1.33. The average Bonchev–Trinajstić information content (AvgIpc) is 3.17. The molecule has 2 heterocycles. The number of carbonyl (C=O) groups excluding carboxylic acids is 4. The zero-order valence-corrected chi connectivity index (χ0v) is 34.4. The minimum atomic E-state index is -1.15. The van der Waals surface area contributed by atoms with E-state index in [0.29, 0.717) is 63.1 Å². The summed E-state index contributed by atoms with van der Waals surface area (Å²) >= 11 is 0. The number of pyridine rings is 2. The molecule has 2 aromatic heterocycles. The molecule has 55 heavy (non-hydrogen) atoms. The predicted molar refractivity (Wildman–Crippen MR) is 219 cm³/mol. The van der Waals surface area contributed by atoms with Gasteiger partial charge < -0.3 is 36.2 Å². The third-order valence-electron chi connectivity index (χ3n) is 7.55. The van der Waals surface area contributed by atoms with Crippen molar-refractivity contribution in [3.8, 4) is 0 Å². The zero-order chi connectivity index (χ0) is 39.8. The van der Waals surface area contributed by atoms with Gasteiger partial charge in [-0.25, -0.2) is 14.8 Å². The normalized spacial score (nSPS) is 11.5. The zero-order valence-electron chi connectivity index (χ0n) is 31.2. The summed E-state index contributed by atoms with van der Waals surface area (Å²) in [5, 5.41) is 32.8. The second kappa shape index (κ2) is 32.1. The molecule has 0 saturated heterocycles. The van der Waals surface area contributed by atoms with Crippen molar-refractivity contribution in [1.82, 2.24) is 36.1 Å². The highest BCUT2D eigenvalue weighted by Crippen LogP contribution is 2.30. The van der Waals surface area contributed by atoms with E-state index in [9.17, 15) is 29.1 Å². The molecular formula is C36H55N7O8S4. The summed E-state index contributed by atoms with van der Waals surface area (Å²) in [4.78, 5) is 69.8. The minimum Gasteiger partial charge on any atom is -0.480 e. The first-order valence-corrected chi connectivity index (χ1v) is 23.1. The number of carboxylic acid groups (broad SMARTS) is 1. The van der Waals surface area contributed by atoms with Crippen molar-refractivity contribution in [2.24, 2.45) is 0 Å². The van der Waals surface area contributed by atoms with Crippen LogP contribution in [0.15, 0.2) is 58.8 Å². The number of aliphatic hydroxyl groups excluding tert-OH is 1. The fourth-order valence-corrected chi connectivity index (χ4v) is 8.43. The van der Waals surface area contributed by atoms with Gasteiger partial charge in [0.2, 0.25) is 23.6 Å². The first-order chi connectivity index (χ1) is 26.7. The lowest BCUT2D eigenvalue weighted by Crippen LogP contribution is -2.46. The van der Waals surface area contributed by atoms with Gasteiger partial charge in [0.25, 0.3) is 0 Å². The summed E-state index contributed by atoms with van der Waals surface area (Å²) in [6.07, 6.45) is 8.29. The van der Waals surface area contributed by atoms with Crippen LogP contribution in [0.2, 0.25) is 0 Å². The quantitative estimate of drug-likeness (QED) is 0.0343. The van der Waals surface area contributed by atoms with Crippen molar-refractivity contribution in [2.45, 2.75) is 80.5 Å². The van der Waals surface area contributed by atoms with Crippen LogP contribution in [0, 0.1) is 0 Å². The Hall–Kier alpha value is -3.07.